The van der Waals surface area contributed by atoms with E-state index in [1.807, 2.05) is 43.3 Å². The van der Waals surface area contributed by atoms with Gasteiger partial charge in [-0.05, 0) is 43.2 Å². The molecular formula is C20H23NO4S. The summed E-state index contributed by atoms with van der Waals surface area (Å²) >= 11 is 0. The van der Waals surface area contributed by atoms with Crippen LogP contribution in [-0.4, -0.2) is 43.9 Å². The monoisotopic (exact) mass is 373 g/mol. The maximum atomic E-state index is 13.1. The normalized spacial score (nSPS) is 18.5. The molecule has 1 atom stereocenters. The Morgan fingerprint density at radius 2 is 1.92 bits per heavy atom. The van der Waals surface area contributed by atoms with Crippen molar-refractivity contribution in [1.29, 1.82) is 0 Å². The number of nitrogens with zero attached hydrogens (tertiary/aromatic N) is 1. The van der Waals surface area contributed by atoms with Crippen LogP contribution in [0.2, 0.25) is 0 Å². The van der Waals surface area contributed by atoms with Crippen LogP contribution < -0.4 is 4.74 Å². The highest BCUT2D eigenvalue weighted by Gasteiger charge is 2.35. The van der Waals surface area contributed by atoms with Crippen molar-refractivity contribution in [3.8, 4) is 5.75 Å². The zero-order valence-corrected chi connectivity index (χ0v) is 15.8. The van der Waals surface area contributed by atoms with Crippen molar-refractivity contribution in [1.82, 2.24) is 4.90 Å². The molecule has 1 aliphatic heterocycles. The van der Waals surface area contributed by atoms with E-state index in [1.165, 1.54) is 0 Å². The molecule has 0 radical (unpaired) electrons. The molecule has 1 fully saturated rings. The Balaban J connectivity index is 1.90. The van der Waals surface area contributed by atoms with Gasteiger partial charge in [0.2, 0.25) is 0 Å². The highest BCUT2D eigenvalue weighted by Crippen LogP contribution is 2.24. The molecular weight excluding hydrogens is 350 g/mol. The number of benzene rings is 2. The number of hydrogen-bond donors (Lipinski definition) is 0. The molecule has 1 aliphatic rings. The third-order valence-corrected chi connectivity index (χ3v) is 6.45. The molecule has 26 heavy (non-hydrogen) atoms. The van der Waals surface area contributed by atoms with Gasteiger partial charge in [-0.25, -0.2) is 8.42 Å². The fourth-order valence-electron chi connectivity index (χ4n) is 3.22. The lowest BCUT2D eigenvalue weighted by Gasteiger charge is -2.28. The first-order valence-corrected chi connectivity index (χ1v) is 10.4. The molecule has 2 aromatic rings. The summed E-state index contributed by atoms with van der Waals surface area (Å²) in [6.07, 6.45) is 0.476. The Kier molecular flexibility index (Phi) is 5.32. The number of carbonyl (C=O) groups is 1. The Labute approximate surface area is 154 Å². The van der Waals surface area contributed by atoms with Gasteiger partial charge in [-0.3, -0.25) is 4.79 Å². The van der Waals surface area contributed by atoms with Crippen molar-refractivity contribution < 1.29 is 17.9 Å². The van der Waals surface area contributed by atoms with Crippen molar-refractivity contribution in [3.05, 3.63) is 65.2 Å². The highest BCUT2D eigenvalue weighted by atomic mass is 32.2. The summed E-state index contributed by atoms with van der Waals surface area (Å²) in [6, 6.07) is 14.6. The molecule has 6 heteroatoms. The lowest BCUT2D eigenvalue weighted by atomic mass is 10.1. The summed E-state index contributed by atoms with van der Waals surface area (Å²) < 4.78 is 29.1. The first kappa shape index (κ1) is 18.5. The number of hydrogen-bond acceptors (Lipinski definition) is 4. The number of sulfone groups is 1. The zero-order chi connectivity index (χ0) is 18.7. The summed E-state index contributed by atoms with van der Waals surface area (Å²) in [5.74, 6) is 0.723. The van der Waals surface area contributed by atoms with Gasteiger partial charge in [0.05, 0.1) is 18.6 Å². The van der Waals surface area contributed by atoms with Crippen LogP contribution >= 0.6 is 0 Å². The minimum absolute atomic E-state index is 0.0224. The fraction of sp³-hybridized carbons (Fsp3) is 0.350. The van der Waals surface area contributed by atoms with Crippen LogP contribution in [0.3, 0.4) is 0 Å². The number of carbonyl (C=O) groups excluding carboxylic acids is 1. The quantitative estimate of drug-likeness (QED) is 0.808. The van der Waals surface area contributed by atoms with Crippen LogP contribution in [0.1, 0.15) is 27.9 Å². The van der Waals surface area contributed by atoms with Gasteiger partial charge in [0.25, 0.3) is 5.91 Å². The Morgan fingerprint density at radius 1 is 1.19 bits per heavy atom. The lowest BCUT2D eigenvalue weighted by molar-refractivity contribution is 0.0681. The van der Waals surface area contributed by atoms with Crippen LogP contribution in [0.25, 0.3) is 0 Å². The maximum Gasteiger partial charge on any atom is 0.254 e. The minimum Gasteiger partial charge on any atom is -0.497 e. The van der Waals surface area contributed by atoms with Crippen molar-refractivity contribution in [2.45, 2.75) is 25.9 Å². The summed E-state index contributed by atoms with van der Waals surface area (Å²) in [5, 5.41) is 0. The van der Waals surface area contributed by atoms with Crippen molar-refractivity contribution in [3.63, 3.8) is 0 Å². The van der Waals surface area contributed by atoms with Gasteiger partial charge in [-0.1, -0.05) is 29.8 Å². The SMILES string of the molecule is COc1cccc(CN(C(=O)c2ccc(C)cc2)[C@@H]2CCS(=O)(=O)C2)c1. The van der Waals surface area contributed by atoms with E-state index in [0.29, 0.717) is 24.3 Å². The lowest BCUT2D eigenvalue weighted by Crippen LogP contribution is -2.40. The molecule has 2 aromatic carbocycles. The molecule has 0 aromatic heterocycles. The van der Waals surface area contributed by atoms with Crippen molar-refractivity contribution >= 4 is 15.7 Å². The van der Waals surface area contributed by atoms with Gasteiger partial charge in [-0.15, -0.1) is 0 Å². The van der Waals surface area contributed by atoms with Gasteiger partial charge in [0.15, 0.2) is 9.84 Å². The predicted octanol–water partition coefficient (Wildman–Crippen LogP) is 2.83. The molecule has 0 unspecified atom stereocenters. The molecule has 3 rings (SSSR count). The predicted molar refractivity (Wildman–Crippen MR) is 101 cm³/mol. The van der Waals surface area contributed by atoms with Crippen molar-refractivity contribution in [2.24, 2.45) is 0 Å². The highest BCUT2D eigenvalue weighted by molar-refractivity contribution is 7.91. The van der Waals surface area contributed by atoms with Gasteiger partial charge < -0.3 is 9.64 Å². The van der Waals surface area contributed by atoms with E-state index in [4.69, 9.17) is 4.74 Å². The maximum absolute atomic E-state index is 13.1. The van der Waals surface area contributed by atoms with Crippen molar-refractivity contribution in [2.75, 3.05) is 18.6 Å². The van der Waals surface area contributed by atoms with E-state index < -0.39 is 9.84 Å². The molecule has 0 bridgehead atoms. The van der Waals surface area contributed by atoms with E-state index >= 15 is 0 Å². The summed E-state index contributed by atoms with van der Waals surface area (Å²) in [4.78, 5) is 14.8. The number of methoxy groups -OCH3 is 1. The summed E-state index contributed by atoms with van der Waals surface area (Å²) in [6.45, 7) is 2.32. The number of ether oxygens (including phenoxy) is 1. The first-order chi connectivity index (χ1) is 12.4. The van der Waals surface area contributed by atoms with Crippen LogP contribution in [0.4, 0.5) is 0 Å². The van der Waals surface area contributed by atoms with Gasteiger partial charge >= 0.3 is 0 Å². The van der Waals surface area contributed by atoms with Crippen LogP contribution in [0.5, 0.6) is 5.75 Å². The number of aryl methyl sites for hydroxylation is 1. The van der Waals surface area contributed by atoms with E-state index in [0.717, 1.165) is 11.1 Å². The van der Waals surface area contributed by atoms with Crippen LogP contribution in [-0.2, 0) is 16.4 Å². The topological polar surface area (TPSA) is 63.7 Å². The molecule has 1 heterocycles. The largest absolute Gasteiger partial charge is 0.497 e. The molecule has 138 valence electrons. The second-order valence-corrected chi connectivity index (χ2v) is 8.94. The smallest absolute Gasteiger partial charge is 0.254 e. The minimum atomic E-state index is -3.09. The van der Waals surface area contributed by atoms with Gasteiger partial charge in [0.1, 0.15) is 5.75 Å². The average Bonchev–Trinajstić information content (AvgIpc) is 2.99. The molecule has 1 amide bonds. The first-order valence-electron chi connectivity index (χ1n) is 8.59. The van der Waals surface area contributed by atoms with Gasteiger partial charge in [0, 0.05) is 18.2 Å². The number of amides is 1. The Morgan fingerprint density at radius 3 is 2.54 bits per heavy atom. The molecule has 1 saturated heterocycles. The van der Waals surface area contributed by atoms with Gasteiger partial charge in [-0.2, -0.15) is 0 Å². The van der Waals surface area contributed by atoms with Crippen LogP contribution in [0.15, 0.2) is 48.5 Å². The fourth-order valence-corrected chi connectivity index (χ4v) is 4.95. The van der Waals surface area contributed by atoms with E-state index in [-0.39, 0.29) is 23.5 Å². The molecule has 5 nitrogen and oxygen atoms in total. The molecule has 0 spiro atoms. The Bertz CT molecular complexity index is 890. The number of rotatable bonds is 5. The average molecular weight is 373 g/mol. The molecule has 0 saturated carbocycles. The second kappa shape index (κ2) is 7.50. The third-order valence-electron chi connectivity index (χ3n) is 4.70. The van der Waals surface area contributed by atoms with E-state index in [1.54, 1.807) is 24.1 Å². The second-order valence-electron chi connectivity index (χ2n) is 6.71. The Hall–Kier alpha value is -2.34. The van der Waals surface area contributed by atoms with Crippen LogP contribution in [0, 0.1) is 6.92 Å². The molecule has 0 N–H and O–H groups in total. The summed E-state index contributed by atoms with van der Waals surface area (Å²) in [5.41, 5.74) is 2.56. The standard InChI is InChI=1S/C20H23NO4S/c1-15-6-8-17(9-7-15)20(22)21(18-10-11-26(23,24)14-18)13-16-4-3-5-19(12-16)25-2/h3-9,12,18H,10-11,13-14H2,1-2H3/t18-/m1/s1. The van der Waals surface area contributed by atoms with E-state index in [9.17, 15) is 13.2 Å². The molecule has 0 aliphatic carbocycles. The zero-order valence-electron chi connectivity index (χ0n) is 15.0. The third kappa shape index (κ3) is 4.25. The van der Waals surface area contributed by atoms with E-state index in [2.05, 4.69) is 0 Å². The summed E-state index contributed by atoms with van der Waals surface area (Å²) in [7, 11) is -1.49.